The maximum atomic E-state index is 10.8. The lowest BCUT2D eigenvalue weighted by Crippen LogP contribution is -2.06. The normalized spacial score (nSPS) is 16.8. The number of hydrogen-bond donors (Lipinski definition) is 0. The van der Waals surface area contributed by atoms with Gasteiger partial charge < -0.3 is 4.79 Å². The smallest absolute Gasteiger partial charge is 0.127 e. The standard InChI is InChI=1S/C13H14O/c1-10(9-14)12-8-4-6-11-5-2-3-7-13(11)12/h2-3,5,7-10H,4,6H2,1H3. The van der Waals surface area contributed by atoms with Crippen LogP contribution in [0.1, 0.15) is 24.5 Å². The number of rotatable bonds is 2. The van der Waals surface area contributed by atoms with Crippen LogP contribution < -0.4 is 0 Å². The van der Waals surface area contributed by atoms with E-state index in [1.54, 1.807) is 0 Å². The fraction of sp³-hybridized carbons (Fsp3) is 0.308. The maximum Gasteiger partial charge on any atom is 0.127 e. The Kier molecular flexibility index (Phi) is 2.49. The molecule has 1 unspecified atom stereocenters. The van der Waals surface area contributed by atoms with E-state index in [-0.39, 0.29) is 5.92 Å². The molecule has 0 saturated carbocycles. The van der Waals surface area contributed by atoms with E-state index >= 15 is 0 Å². The zero-order valence-corrected chi connectivity index (χ0v) is 8.36. The summed E-state index contributed by atoms with van der Waals surface area (Å²) in [6.45, 7) is 1.96. The highest BCUT2D eigenvalue weighted by atomic mass is 16.1. The van der Waals surface area contributed by atoms with Gasteiger partial charge in [0.05, 0.1) is 0 Å². The molecule has 0 aromatic heterocycles. The summed E-state index contributed by atoms with van der Waals surface area (Å²) in [7, 11) is 0. The molecule has 0 amide bonds. The van der Waals surface area contributed by atoms with Gasteiger partial charge in [-0.25, -0.2) is 0 Å². The zero-order chi connectivity index (χ0) is 9.97. The Balaban J connectivity index is 2.45. The molecule has 0 saturated heterocycles. The Hall–Kier alpha value is -1.37. The molecule has 1 heteroatoms. The van der Waals surface area contributed by atoms with Crippen LogP contribution in [0.25, 0.3) is 5.57 Å². The first kappa shape index (κ1) is 9.20. The van der Waals surface area contributed by atoms with Crippen molar-refractivity contribution in [1.82, 2.24) is 0 Å². The highest BCUT2D eigenvalue weighted by molar-refractivity contribution is 5.82. The molecule has 1 aromatic carbocycles. The Morgan fingerprint density at radius 1 is 1.36 bits per heavy atom. The second-order valence-corrected chi connectivity index (χ2v) is 3.78. The Morgan fingerprint density at radius 2 is 2.14 bits per heavy atom. The van der Waals surface area contributed by atoms with Crippen molar-refractivity contribution in [3.05, 3.63) is 41.5 Å². The van der Waals surface area contributed by atoms with Crippen LogP contribution in [-0.2, 0) is 11.2 Å². The van der Waals surface area contributed by atoms with Gasteiger partial charge in [-0.3, -0.25) is 0 Å². The first-order valence-electron chi connectivity index (χ1n) is 5.06. The van der Waals surface area contributed by atoms with Gasteiger partial charge in [0.2, 0.25) is 0 Å². The summed E-state index contributed by atoms with van der Waals surface area (Å²) >= 11 is 0. The molecular formula is C13H14O. The third kappa shape index (κ3) is 1.50. The summed E-state index contributed by atoms with van der Waals surface area (Å²) in [5, 5.41) is 0. The molecule has 1 aliphatic carbocycles. The molecule has 0 heterocycles. The third-order valence-electron chi connectivity index (χ3n) is 2.80. The average molecular weight is 186 g/mol. The van der Waals surface area contributed by atoms with Crippen LogP contribution in [0.15, 0.2) is 30.3 Å². The van der Waals surface area contributed by atoms with Gasteiger partial charge >= 0.3 is 0 Å². The maximum absolute atomic E-state index is 10.8. The summed E-state index contributed by atoms with van der Waals surface area (Å²) in [4.78, 5) is 10.8. The molecule has 0 fully saturated rings. The topological polar surface area (TPSA) is 17.1 Å². The van der Waals surface area contributed by atoms with Crippen LogP contribution in [0.3, 0.4) is 0 Å². The molecule has 2 rings (SSSR count). The van der Waals surface area contributed by atoms with Crippen LogP contribution in [0.5, 0.6) is 0 Å². The molecule has 1 atom stereocenters. The summed E-state index contributed by atoms with van der Waals surface area (Å²) in [5.41, 5.74) is 3.83. The lowest BCUT2D eigenvalue weighted by atomic mass is 9.85. The van der Waals surface area contributed by atoms with Crippen LogP contribution in [-0.4, -0.2) is 6.29 Å². The molecule has 1 nitrogen and oxygen atoms in total. The number of benzene rings is 1. The highest BCUT2D eigenvalue weighted by Crippen LogP contribution is 2.30. The van der Waals surface area contributed by atoms with E-state index in [9.17, 15) is 4.79 Å². The van der Waals surface area contributed by atoms with E-state index in [1.807, 2.05) is 13.0 Å². The van der Waals surface area contributed by atoms with Crippen LogP contribution >= 0.6 is 0 Å². The number of fused-ring (bicyclic) bond motifs is 1. The van der Waals surface area contributed by atoms with E-state index in [0.29, 0.717) is 0 Å². The van der Waals surface area contributed by atoms with Crippen molar-refractivity contribution in [2.75, 3.05) is 0 Å². The van der Waals surface area contributed by atoms with Crippen molar-refractivity contribution in [1.29, 1.82) is 0 Å². The quantitative estimate of drug-likeness (QED) is 0.649. The SMILES string of the molecule is CC(C=O)C1=CCCc2ccccc21. The average Bonchev–Trinajstić information content (AvgIpc) is 2.27. The van der Waals surface area contributed by atoms with Crippen molar-refractivity contribution in [3.8, 4) is 0 Å². The van der Waals surface area contributed by atoms with Crippen molar-refractivity contribution in [2.24, 2.45) is 5.92 Å². The van der Waals surface area contributed by atoms with Gasteiger partial charge in [0.25, 0.3) is 0 Å². The highest BCUT2D eigenvalue weighted by Gasteiger charge is 2.16. The van der Waals surface area contributed by atoms with E-state index in [4.69, 9.17) is 0 Å². The van der Waals surface area contributed by atoms with Gasteiger partial charge in [0, 0.05) is 5.92 Å². The lowest BCUT2D eigenvalue weighted by molar-refractivity contribution is -0.109. The number of hydrogen-bond acceptors (Lipinski definition) is 1. The summed E-state index contributed by atoms with van der Waals surface area (Å²) in [5.74, 6) is 0.0245. The van der Waals surface area contributed by atoms with Gasteiger partial charge in [-0.15, -0.1) is 0 Å². The molecule has 0 N–H and O–H groups in total. The fourth-order valence-electron chi connectivity index (χ4n) is 2.02. The van der Waals surface area contributed by atoms with Gasteiger partial charge in [-0.05, 0) is 29.5 Å². The van der Waals surface area contributed by atoms with Gasteiger partial charge in [0.15, 0.2) is 0 Å². The molecule has 0 radical (unpaired) electrons. The number of allylic oxidation sites excluding steroid dienone is 2. The number of aryl methyl sites for hydroxylation is 1. The predicted octanol–water partition coefficient (Wildman–Crippen LogP) is 2.85. The fourth-order valence-corrected chi connectivity index (χ4v) is 2.02. The first-order valence-corrected chi connectivity index (χ1v) is 5.06. The van der Waals surface area contributed by atoms with E-state index in [2.05, 4.69) is 24.3 Å². The predicted molar refractivity (Wildman–Crippen MR) is 58.0 cm³/mol. The minimum absolute atomic E-state index is 0.0245. The summed E-state index contributed by atoms with van der Waals surface area (Å²) in [6.07, 6.45) is 5.38. The molecular weight excluding hydrogens is 172 g/mol. The number of carbonyl (C=O) groups excluding carboxylic acids is 1. The van der Waals surface area contributed by atoms with Crippen LogP contribution in [0.4, 0.5) is 0 Å². The number of aldehydes is 1. The Labute approximate surface area is 84.5 Å². The van der Waals surface area contributed by atoms with E-state index in [0.717, 1.165) is 19.1 Å². The van der Waals surface area contributed by atoms with Crippen molar-refractivity contribution in [3.63, 3.8) is 0 Å². The van der Waals surface area contributed by atoms with E-state index < -0.39 is 0 Å². The summed E-state index contributed by atoms with van der Waals surface area (Å²) in [6, 6.07) is 8.36. The minimum Gasteiger partial charge on any atom is -0.303 e. The molecule has 0 aliphatic heterocycles. The van der Waals surface area contributed by atoms with E-state index in [1.165, 1.54) is 16.7 Å². The van der Waals surface area contributed by atoms with Gasteiger partial charge in [0.1, 0.15) is 6.29 Å². The molecule has 1 aromatic rings. The molecule has 0 bridgehead atoms. The molecule has 1 aliphatic rings. The molecule has 14 heavy (non-hydrogen) atoms. The van der Waals surface area contributed by atoms with Crippen molar-refractivity contribution < 1.29 is 4.79 Å². The largest absolute Gasteiger partial charge is 0.303 e. The van der Waals surface area contributed by atoms with Gasteiger partial charge in [-0.2, -0.15) is 0 Å². The zero-order valence-electron chi connectivity index (χ0n) is 8.36. The third-order valence-corrected chi connectivity index (χ3v) is 2.80. The van der Waals surface area contributed by atoms with Crippen molar-refractivity contribution >= 4 is 11.9 Å². The molecule has 72 valence electrons. The Bertz CT molecular complexity index is 377. The van der Waals surface area contributed by atoms with Crippen molar-refractivity contribution in [2.45, 2.75) is 19.8 Å². The van der Waals surface area contributed by atoms with Crippen LogP contribution in [0.2, 0.25) is 0 Å². The minimum atomic E-state index is 0.0245. The molecule has 0 spiro atoms. The Morgan fingerprint density at radius 3 is 2.93 bits per heavy atom. The van der Waals surface area contributed by atoms with Gasteiger partial charge in [-0.1, -0.05) is 37.3 Å². The second-order valence-electron chi connectivity index (χ2n) is 3.78. The monoisotopic (exact) mass is 186 g/mol. The first-order chi connectivity index (χ1) is 6.83. The summed E-state index contributed by atoms with van der Waals surface area (Å²) < 4.78 is 0. The number of carbonyl (C=O) groups is 1. The van der Waals surface area contributed by atoms with Crippen LogP contribution in [0, 0.1) is 5.92 Å². The second kappa shape index (κ2) is 3.79. The lowest BCUT2D eigenvalue weighted by Gasteiger charge is -2.19.